The third kappa shape index (κ3) is 5.80. The number of nitrogens with zero attached hydrogens (tertiary/aromatic N) is 2. The number of hydrogen-bond acceptors (Lipinski definition) is 5. The molecule has 0 unspecified atom stereocenters. The van der Waals surface area contributed by atoms with Crippen molar-refractivity contribution in [3.8, 4) is 5.75 Å². The van der Waals surface area contributed by atoms with Crippen molar-refractivity contribution < 1.29 is 17.4 Å². The molecule has 0 atom stereocenters. The van der Waals surface area contributed by atoms with Gasteiger partial charge in [0.25, 0.3) is 5.91 Å². The number of amides is 1. The summed E-state index contributed by atoms with van der Waals surface area (Å²) in [6.45, 7) is 3.08. The molecule has 0 aromatic heterocycles. The Labute approximate surface area is 160 Å². The highest BCUT2D eigenvalue weighted by atomic mass is 32.2. The van der Waals surface area contributed by atoms with Crippen LogP contribution in [-0.4, -0.2) is 62.6 Å². The second-order valence-corrected chi connectivity index (χ2v) is 8.20. The van der Waals surface area contributed by atoms with Crippen molar-refractivity contribution in [2.45, 2.75) is 6.42 Å². The van der Waals surface area contributed by atoms with Crippen molar-refractivity contribution in [2.75, 3.05) is 38.5 Å². The Morgan fingerprint density at radius 1 is 0.889 bits per heavy atom. The molecule has 0 radical (unpaired) electrons. The van der Waals surface area contributed by atoms with Gasteiger partial charge in [0.15, 0.2) is 0 Å². The molecule has 6 nitrogen and oxygen atoms in total. The second kappa shape index (κ2) is 9.01. The molecule has 1 aliphatic rings. The molecule has 7 heteroatoms. The average Bonchev–Trinajstić information content (AvgIpc) is 2.93. The van der Waals surface area contributed by atoms with Crippen LogP contribution < -0.4 is 4.18 Å². The lowest BCUT2D eigenvalue weighted by molar-refractivity contribution is 0.0761. The van der Waals surface area contributed by atoms with E-state index in [1.807, 2.05) is 35.2 Å². The first-order valence-electron chi connectivity index (χ1n) is 9.07. The summed E-state index contributed by atoms with van der Waals surface area (Å²) in [6, 6.07) is 17.8. The SMILES string of the molecule is O=C(c1ccccc1)N1CCCN(CCS(=O)(=O)Oc2ccccc2)CC1. The van der Waals surface area contributed by atoms with E-state index in [9.17, 15) is 13.2 Å². The standard InChI is InChI=1S/C20H24N2O4S/c23-20(18-8-3-1-4-9-18)22-13-7-12-21(14-15-22)16-17-27(24,25)26-19-10-5-2-6-11-19/h1-6,8-11H,7,12-17H2. The highest BCUT2D eigenvalue weighted by Crippen LogP contribution is 2.13. The van der Waals surface area contributed by atoms with Crippen LogP contribution in [0.25, 0.3) is 0 Å². The summed E-state index contributed by atoms with van der Waals surface area (Å²) in [7, 11) is -3.64. The number of rotatable bonds is 6. The first-order valence-corrected chi connectivity index (χ1v) is 10.7. The van der Waals surface area contributed by atoms with Crippen molar-refractivity contribution in [1.82, 2.24) is 9.80 Å². The van der Waals surface area contributed by atoms with Crippen molar-refractivity contribution in [3.05, 3.63) is 66.2 Å². The van der Waals surface area contributed by atoms with E-state index in [1.165, 1.54) is 0 Å². The molecule has 3 rings (SSSR count). The first-order chi connectivity index (χ1) is 13.0. The van der Waals surface area contributed by atoms with Gasteiger partial charge in [-0.1, -0.05) is 36.4 Å². The summed E-state index contributed by atoms with van der Waals surface area (Å²) in [5.41, 5.74) is 0.685. The summed E-state index contributed by atoms with van der Waals surface area (Å²) in [5, 5.41) is 0. The molecule has 0 saturated carbocycles. The maximum Gasteiger partial charge on any atom is 0.310 e. The smallest absolute Gasteiger partial charge is 0.310 e. The fourth-order valence-corrected chi connectivity index (χ4v) is 4.04. The summed E-state index contributed by atoms with van der Waals surface area (Å²) < 4.78 is 29.5. The molecule has 1 amide bonds. The van der Waals surface area contributed by atoms with Gasteiger partial charge in [-0.25, -0.2) is 0 Å². The molecular weight excluding hydrogens is 364 g/mol. The second-order valence-electron chi connectivity index (χ2n) is 6.51. The van der Waals surface area contributed by atoms with Gasteiger partial charge in [0.1, 0.15) is 5.75 Å². The molecule has 1 fully saturated rings. The van der Waals surface area contributed by atoms with Gasteiger partial charge < -0.3 is 14.0 Å². The summed E-state index contributed by atoms with van der Waals surface area (Å²) in [4.78, 5) is 16.5. The van der Waals surface area contributed by atoms with E-state index in [0.29, 0.717) is 37.5 Å². The van der Waals surface area contributed by atoms with Crippen LogP contribution in [0, 0.1) is 0 Å². The molecule has 1 heterocycles. The molecule has 1 saturated heterocycles. The van der Waals surface area contributed by atoms with Crippen LogP contribution >= 0.6 is 0 Å². The molecule has 144 valence electrons. The number of benzene rings is 2. The van der Waals surface area contributed by atoms with Gasteiger partial charge in [0, 0.05) is 31.7 Å². The normalized spacial score (nSPS) is 15.9. The van der Waals surface area contributed by atoms with Gasteiger partial charge in [0.2, 0.25) is 0 Å². The third-order valence-corrected chi connectivity index (χ3v) is 5.65. The highest BCUT2D eigenvalue weighted by molar-refractivity contribution is 7.87. The van der Waals surface area contributed by atoms with Crippen LogP contribution in [-0.2, 0) is 10.1 Å². The van der Waals surface area contributed by atoms with Gasteiger partial charge in [-0.05, 0) is 37.2 Å². The van der Waals surface area contributed by atoms with E-state index in [-0.39, 0.29) is 11.7 Å². The Bertz CT molecular complexity index is 841. The third-order valence-electron chi connectivity index (χ3n) is 4.52. The summed E-state index contributed by atoms with van der Waals surface area (Å²) in [6.07, 6.45) is 0.818. The van der Waals surface area contributed by atoms with Crippen molar-refractivity contribution in [1.29, 1.82) is 0 Å². The first kappa shape index (κ1) is 19.4. The molecule has 0 spiro atoms. The highest BCUT2D eigenvalue weighted by Gasteiger charge is 2.22. The van der Waals surface area contributed by atoms with Gasteiger partial charge in [-0.3, -0.25) is 4.79 Å². The Hall–Kier alpha value is -2.38. The summed E-state index contributed by atoms with van der Waals surface area (Å²) in [5.74, 6) is 0.277. The minimum absolute atomic E-state index is 0.0254. The van der Waals surface area contributed by atoms with Crippen LogP contribution in [0.4, 0.5) is 0 Å². The van der Waals surface area contributed by atoms with Crippen LogP contribution in [0.3, 0.4) is 0 Å². The van der Waals surface area contributed by atoms with Crippen LogP contribution in [0.2, 0.25) is 0 Å². The van der Waals surface area contributed by atoms with Crippen LogP contribution in [0.15, 0.2) is 60.7 Å². The quantitative estimate of drug-likeness (QED) is 0.710. The Balaban J connectivity index is 1.50. The Morgan fingerprint density at radius 3 is 2.26 bits per heavy atom. The Kier molecular flexibility index (Phi) is 6.47. The lowest BCUT2D eigenvalue weighted by atomic mass is 10.2. The van der Waals surface area contributed by atoms with Crippen molar-refractivity contribution in [2.24, 2.45) is 0 Å². The van der Waals surface area contributed by atoms with E-state index in [1.54, 1.807) is 30.3 Å². The van der Waals surface area contributed by atoms with Gasteiger partial charge in [-0.15, -0.1) is 0 Å². The molecule has 1 aliphatic heterocycles. The summed E-state index contributed by atoms with van der Waals surface area (Å²) >= 11 is 0. The minimum atomic E-state index is -3.64. The van der Waals surface area contributed by atoms with E-state index in [4.69, 9.17) is 4.18 Å². The molecule has 2 aromatic rings. The van der Waals surface area contributed by atoms with E-state index >= 15 is 0 Å². The maximum atomic E-state index is 12.6. The van der Waals surface area contributed by atoms with Crippen molar-refractivity contribution >= 4 is 16.0 Å². The zero-order valence-corrected chi connectivity index (χ0v) is 16.0. The van der Waals surface area contributed by atoms with E-state index in [0.717, 1.165) is 13.0 Å². The number of carbonyl (C=O) groups is 1. The minimum Gasteiger partial charge on any atom is -0.382 e. The fraction of sp³-hybridized carbons (Fsp3) is 0.350. The fourth-order valence-electron chi connectivity index (χ4n) is 3.07. The molecule has 0 N–H and O–H groups in total. The van der Waals surface area contributed by atoms with Crippen LogP contribution in [0.5, 0.6) is 5.75 Å². The zero-order valence-electron chi connectivity index (χ0n) is 15.2. The number of carbonyl (C=O) groups excluding carboxylic acids is 1. The average molecular weight is 388 g/mol. The number of hydrogen-bond donors (Lipinski definition) is 0. The molecule has 2 aromatic carbocycles. The number of para-hydroxylation sites is 1. The molecular formula is C20H24N2O4S. The molecule has 0 bridgehead atoms. The maximum absolute atomic E-state index is 12.6. The van der Waals surface area contributed by atoms with Gasteiger partial charge in [-0.2, -0.15) is 8.42 Å². The predicted molar refractivity (Wildman–Crippen MR) is 104 cm³/mol. The molecule has 27 heavy (non-hydrogen) atoms. The largest absolute Gasteiger partial charge is 0.382 e. The van der Waals surface area contributed by atoms with Gasteiger partial charge in [0.05, 0.1) is 5.75 Å². The van der Waals surface area contributed by atoms with E-state index in [2.05, 4.69) is 4.90 Å². The molecule has 0 aliphatic carbocycles. The monoisotopic (exact) mass is 388 g/mol. The topological polar surface area (TPSA) is 66.9 Å². The zero-order chi connectivity index (χ0) is 19.1. The Morgan fingerprint density at radius 2 is 1.56 bits per heavy atom. The van der Waals surface area contributed by atoms with Crippen LogP contribution in [0.1, 0.15) is 16.8 Å². The predicted octanol–water partition coefficient (Wildman–Crippen LogP) is 2.24. The van der Waals surface area contributed by atoms with Gasteiger partial charge >= 0.3 is 10.1 Å². The lowest BCUT2D eigenvalue weighted by Crippen LogP contribution is -2.36. The van der Waals surface area contributed by atoms with E-state index < -0.39 is 10.1 Å². The lowest BCUT2D eigenvalue weighted by Gasteiger charge is -2.22. The van der Waals surface area contributed by atoms with Crippen molar-refractivity contribution in [3.63, 3.8) is 0 Å².